The topological polar surface area (TPSA) is 58.6 Å². The Morgan fingerprint density at radius 3 is 2.17 bits per heavy atom. The predicted octanol–water partition coefficient (Wildman–Crippen LogP) is 6.65. The number of fused-ring (bicyclic) bond motifs is 3. The van der Waals surface area contributed by atoms with Gasteiger partial charge in [0.2, 0.25) is 0 Å². The normalized spacial score (nSPS) is 12.2. The fourth-order valence-electron chi connectivity index (χ4n) is 4.50. The minimum Gasteiger partial charge on any atom is -0.449 e. The second kappa shape index (κ2) is 10.5. The smallest absolute Gasteiger partial charge is 0.407 e. The lowest BCUT2D eigenvalue weighted by Crippen LogP contribution is -2.26. The van der Waals surface area contributed by atoms with E-state index in [0.29, 0.717) is 10.5 Å². The molecule has 0 fully saturated rings. The number of ether oxygens (including phenoxy) is 1. The van der Waals surface area contributed by atoms with Crippen molar-refractivity contribution in [3.8, 4) is 11.1 Å². The van der Waals surface area contributed by atoms with E-state index in [-0.39, 0.29) is 36.1 Å². The standard InChI is InChI=1S/C29H23F2NO3S/c30-25-13-14-26(31)28(36-27-12-6-1-7-18(27)16-33)23(25)15-32-29(34)35-17-24-21-10-4-2-8-19(21)20-9-3-5-11-22(20)24/h1-14,24,33H,15-17H2,(H,32,34). The molecule has 0 bridgehead atoms. The van der Waals surface area contributed by atoms with Crippen molar-refractivity contribution in [2.75, 3.05) is 6.61 Å². The van der Waals surface area contributed by atoms with Crippen LogP contribution in [0.3, 0.4) is 0 Å². The molecule has 0 unspecified atom stereocenters. The van der Waals surface area contributed by atoms with Gasteiger partial charge in [0.25, 0.3) is 0 Å². The van der Waals surface area contributed by atoms with Crippen molar-refractivity contribution in [1.82, 2.24) is 5.32 Å². The fraction of sp³-hybridized carbons (Fsp3) is 0.138. The molecule has 4 aromatic rings. The Hall–Kier alpha value is -3.68. The van der Waals surface area contributed by atoms with Crippen molar-refractivity contribution in [3.05, 3.63) is 119 Å². The monoisotopic (exact) mass is 503 g/mol. The minimum absolute atomic E-state index is 0.0150. The Morgan fingerprint density at radius 1 is 0.861 bits per heavy atom. The number of aliphatic hydroxyl groups excluding tert-OH is 1. The highest BCUT2D eigenvalue weighted by Crippen LogP contribution is 2.44. The third kappa shape index (κ3) is 4.72. The van der Waals surface area contributed by atoms with Crippen LogP contribution in [0, 0.1) is 11.6 Å². The van der Waals surface area contributed by atoms with Crippen LogP contribution in [0.1, 0.15) is 28.2 Å². The summed E-state index contributed by atoms with van der Waals surface area (Å²) in [5, 5.41) is 12.1. The number of carbonyl (C=O) groups is 1. The summed E-state index contributed by atoms with van der Waals surface area (Å²) in [6.07, 6.45) is -0.716. The molecule has 7 heteroatoms. The molecule has 5 rings (SSSR count). The second-order valence-electron chi connectivity index (χ2n) is 8.38. The van der Waals surface area contributed by atoms with Crippen molar-refractivity contribution in [2.24, 2.45) is 0 Å². The number of halogens is 2. The van der Waals surface area contributed by atoms with E-state index in [4.69, 9.17) is 4.74 Å². The van der Waals surface area contributed by atoms with Gasteiger partial charge in [0.15, 0.2) is 0 Å². The van der Waals surface area contributed by atoms with Crippen LogP contribution in [0.15, 0.2) is 94.7 Å². The van der Waals surface area contributed by atoms with Crippen LogP contribution in [0.5, 0.6) is 0 Å². The van der Waals surface area contributed by atoms with E-state index >= 15 is 0 Å². The van der Waals surface area contributed by atoms with Gasteiger partial charge in [0, 0.05) is 16.4 Å². The van der Waals surface area contributed by atoms with E-state index in [9.17, 15) is 18.7 Å². The highest BCUT2D eigenvalue weighted by atomic mass is 32.2. The van der Waals surface area contributed by atoms with E-state index in [1.807, 2.05) is 36.4 Å². The largest absolute Gasteiger partial charge is 0.449 e. The van der Waals surface area contributed by atoms with Crippen molar-refractivity contribution >= 4 is 17.9 Å². The van der Waals surface area contributed by atoms with E-state index in [0.717, 1.165) is 46.1 Å². The number of alkyl carbamates (subject to hydrolysis) is 1. The third-order valence-corrected chi connectivity index (χ3v) is 7.53. The number of benzene rings is 4. The first-order valence-electron chi connectivity index (χ1n) is 11.5. The molecule has 0 radical (unpaired) electrons. The summed E-state index contributed by atoms with van der Waals surface area (Å²) in [4.78, 5) is 13.2. The molecule has 1 aliphatic carbocycles. The maximum atomic E-state index is 14.7. The van der Waals surface area contributed by atoms with E-state index < -0.39 is 17.7 Å². The van der Waals surface area contributed by atoms with Gasteiger partial charge >= 0.3 is 6.09 Å². The maximum absolute atomic E-state index is 14.7. The molecule has 0 saturated heterocycles. The maximum Gasteiger partial charge on any atom is 0.407 e. The number of carbonyl (C=O) groups excluding carboxylic acids is 1. The molecule has 1 amide bonds. The van der Waals surface area contributed by atoms with Crippen LogP contribution in [-0.2, 0) is 17.9 Å². The van der Waals surface area contributed by atoms with E-state index in [1.54, 1.807) is 24.3 Å². The van der Waals surface area contributed by atoms with E-state index in [1.165, 1.54) is 0 Å². The van der Waals surface area contributed by atoms with E-state index in [2.05, 4.69) is 17.4 Å². The number of hydrogen-bond donors (Lipinski definition) is 2. The highest BCUT2D eigenvalue weighted by Gasteiger charge is 2.29. The summed E-state index contributed by atoms with van der Waals surface area (Å²) >= 11 is 1.01. The Balaban J connectivity index is 1.29. The zero-order valence-corrected chi connectivity index (χ0v) is 20.0. The molecule has 1 aliphatic rings. The van der Waals surface area contributed by atoms with Gasteiger partial charge in [-0.25, -0.2) is 13.6 Å². The molecule has 0 atom stereocenters. The zero-order chi connectivity index (χ0) is 25.1. The average molecular weight is 504 g/mol. The van der Waals surface area contributed by atoms with Gasteiger partial charge in [-0.2, -0.15) is 0 Å². The number of nitrogens with one attached hydrogen (secondary N) is 1. The third-order valence-electron chi connectivity index (χ3n) is 6.26. The first-order chi connectivity index (χ1) is 17.6. The molecule has 0 spiro atoms. The average Bonchev–Trinajstić information content (AvgIpc) is 3.23. The SMILES string of the molecule is O=C(NCc1c(F)ccc(F)c1Sc1ccccc1CO)OCC1c2ccccc2-c2ccccc21. The molecule has 182 valence electrons. The molecule has 0 saturated carbocycles. The zero-order valence-electron chi connectivity index (χ0n) is 19.2. The molecule has 2 N–H and O–H groups in total. The Morgan fingerprint density at radius 2 is 1.47 bits per heavy atom. The van der Waals surface area contributed by atoms with Crippen molar-refractivity contribution in [1.29, 1.82) is 0 Å². The molecule has 0 heterocycles. The molecule has 4 aromatic carbocycles. The number of amides is 1. The van der Waals surface area contributed by atoms with Gasteiger partial charge in [0.1, 0.15) is 18.2 Å². The van der Waals surface area contributed by atoms with Crippen LogP contribution in [0.2, 0.25) is 0 Å². The lowest BCUT2D eigenvalue weighted by atomic mass is 9.98. The summed E-state index contributed by atoms with van der Waals surface area (Å²) in [7, 11) is 0. The number of aliphatic hydroxyl groups is 1. The lowest BCUT2D eigenvalue weighted by molar-refractivity contribution is 0.142. The Kier molecular flexibility index (Phi) is 7.02. The molecular formula is C29H23F2NO3S. The minimum atomic E-state index is -0.716. The van der Waals surface area contributed by atoms with Crippen molar-refractivity contribution in [2.45, 2.75) is 28.9 Å². The first kappa shape index (κ1) is 24.0. The fourth-order valence-corrected chi connectivity index (χ4v) is 5.59. The summed E-state index contributed by atoms with van der Waals surface area (Å²) in [6.45, 7) is -0.353. The number of hydrogen-bond acceptors (Lipinski definition) is 4. The van der Waals surface area contributed by atoms with Gasteiger partial charge in [-0.3, -0.25) is 0 Å². The number of rotatable bonds is 7. The second-order valence-corrected chi connectivity index (χ2v) is 9.44. The van der Waals surface area contributed by atoms with Gasteiger partial charge in [-0.05, 0) is 46.0 Å². The summed E-state index contributed by atoms with van der Waals surface area (Å²) < 4.78 is 34.9. The molecular weight excluding hydrogens is 480 g/mol. The van der Waals surface area contributed by atoms with Gasteiger partial charge in [-0.1, -0.05) is 78.5 Å². The molecule has 0 aliphatic heterocycles. The quantitative estimate of drug-likeness (QED) is 0.297. The lowest BCUT2D eigenvalue weighted by Gasteiger charge is -2.16. The Labute approximate surface area is 211 Å². The molecule has 36 heavy (non-hydrogen) atoms. The molecule has 0 aromatic heterocycles. The van der Waals surface area contributed by atoms with Crippen molar-refractivity contribution < 1.29 is 23.4 Å². The van der Waals surface area contributed by atoms with Gasteiger partial charge in [0.05, 0.1) is 18.0 Å². The van der Waals surface area contributed by atoms with Crippen LogP contribution in [0.25, 0.3) is 11.1 Å². The van der Waals surface area contributed by atoms with Crippen LogP contribution in [0.4, 0.5) is 13.6 Å². The van der Waals surface area contributed by atoms with Crippen LogP contribution < -0.4 is 5.32 Å². The molecule has 4 nitrogen and oxygen atoms in total. The van der Waals surface area contributed by atoms with Crippen LogP contribution in [-0.4, -0.2) is 17.8 Å². The van der Waals surface area contributed by atoms with Crippen molar-refractivity contribution in [3.63, 3.8) is 0 Å². The summed E-state index contributed by atoms with van der Waals surface area (Å²) in [5.74, 6) is -1.35. The first-order valence-corrected chi connectivity index (χ1v) is 12.3. The predicted molar refractivity (Wildman–Crippen MR) is 135 cm³/mol. The van der Waals surface area contributed by atoms with Crippen LogP contribution >= 0.6 is 11.8 Å². The van der Waals surface area contributed by atoms with Gasteiger partial charge in [-0.15, -0.1) is 0 Å². The Bertz CT molecular complexity index is 1380. The van der Waals surface area contributed by atoms with Gasteiger partial charge < -0.3 is 15.2 Å². The highest BCUT2D eigenvalue weighted by molar-refractivity contribution is 7.99. The summed E-state index contributed by atoms with van der Waals surface area (Å²) in [6, 6.07) is 25.1. The summed E-state index contributed by atoms with van der Waals surface area (Å²) in [5.41, 5.74) is 5.03.